The lowest BCUT2D eigenvalue weighted by Gasteiger charge is -2.32. The number of benzene rings is 1. The number of piperidine rings is 1. The quantitative estimate of drug-likeness (QED) is 0.531. The van der Waals surface area contributed by atoms with Crippen molar-refractivity contribution in [2.75, 3.05) is 18.4 Å². The van der Waals surface area contributed by atoms with Crippen LogP contribution in [0.2, 0.25) is 0 Å². The summed E-state index contributed by atoms with van der Waals surface area (Å²) >= 11 is 5.92. The summed E-state index contributed by atoms with van der Waals surface area (Å²) in [6.07, 6.45) is 4.10. The molecule has 0 amide bonds. The molecule has 1 aromatic rings. The van der Waals surface area contributed by atoms with Crippen molar-refractivity contribution in [1.29, 1.82) is 0 Å². The maximum absolute atomic E-state index is 3.56. The Morgan fingerprint density at radius 2 is 2.06 bits per heavy atom. The van der Waals surface area contributed by atoms with Crippen LogP contribution in [0.3, 0.4) is 0 Å². The highest BCUT2D eigenvalue weighted by atomic mass is 127. The molecule has 0 bridgehead atoms. The van der Waals surface area contributed by atoms with E-state index in [-0.39, 0.29) is 0 Å². The normalized spacial score (nSPS) is 21.6. The average molecular weight is 408 g/mol. The fraction of sp³-hybridized carbons (Fsp3) is 0.571. The summed E-state index contributed by atoms with van der Waals surface area (Å²) < 4.78 is 1.32. The Bertz CT molecular complexity index is 337. The highest BCUT2D eigenvalue weighted by Crippen LogP contribution is 2.22. The van der Waals surface area contributed by atoms with Gasteiger partial charge < -0.3 is 0 Å². The minimum absolute atomic E-state index is 0.895. The van der Waals surface area contributed by atoms with Crippen molar-refractivity contribution in [2.24, 2.45) is 5.92 Å². The molecule has 1 heterocycles. The van der Waals surface area contributed by atoms with Crippen molar-refractivity contribution < 1.29 is 0 Å². The predicted octanol–water partition coefficient (Wildman–Crippen LogP) is 4.29. The molecule has 1 atom stereocenters. The van der Waals surface area contributed by atoms with E-state index in [1.807, 2.05) is 0 Å². The van der Waals surface area contributed by atoms with Crippen LogP contribution < -0.4 is 0 Å². The van der Waals surface area contributed by atoms with Crippen LogP contribution in [0, 0.1) is 9.49 Å². The number of nitrogens with zero attached hydrogens (tertiary/aromatic N) is 1. The molecule has 1 nitrogen and oxygen atoms in total. The van der Waals surface area contributed by atoms with Gasteiger partial charge in [-0.05, 0) is 72.0 Å². The Hall–Kier alpha value is 0.390. The topological polar surface area (TPSA) is 3.24 Å². The molecule has 0 aliphatic carbocycles. The number of likely N-dealkylation sites (tertiary alicyclic amines) is 1. The fourth-order valence-electron chi connectivity index (χ4n) is 2.53. The summed E-state index contributed by atoms with van der Waals surface area (Å²) in [6.45, 7) is 3.66. The van der Waals surface area contributed by atoms with E-state index in [1.165, 1.54) is 41.5 Å². The Morgan fingerprint density at radius 1 is 1.29 bits per heavy atom. The molecule has 1 unspecified atom stereocenters. The molecule has 94 valence electrons. The van der Waals surface area contributed by atoms with E-state index in [1.54, 1.807) is 0 Å². The number of hydrogen-bond donors (Lipinski definition) is 0. The molecule has 0 aromatic heterocycles. The van der Waals surface area contributed by atoms with Gasteiger partial charge in [-0.15, -0.1) is 0 Å². The Balaban J connectivity index is 1.87. The van der Waals surface area contributed by atoms with Crippen LogP contribution in [0.5, 0.6) is 0 Å². The summed E-state index contributed by atoms with van der Waals surface area (Å²) in [5.74, 6) is 0.895. The molecule has 1 fully saturated rings. The van der Waals surface area contributed by atoms with Gasteiger partial charge >= 0.3 is 0 Å². The summed E-state index contributed by atoms with van der Waals surface area (Å²) in [5.41, 5.74) is 1.45. The van der Waals surface area contributed by atoms with Crippen LogP contribution in [0.25, 0.3) is 0 Å². The van der Waals surface area contributed by atoms with Gasteiger partial charge in [-0.2, -0.15) is 0 Å². The van der Waals surface area contributed by atoms with Crippen molar-refractivity contribution in [3.63, 3.8) is 0 Å². The number of halogens is 2. The second-order valence-corrected chi connectivity index (χ2v) is 6.89. The van der Waals surface area contributed by atoms with Gasteiger partial charge in [0.15, 0.2) is 0 Å². The smallest absolute Gasteiger partial charge is 0.0233 e. The lowest BCUT2D eigenvalue weighted by Crippen LogP contribution is -2.35. The highest BCUT2D eigenvalue weighted by Gasteiger charge is 2.19. The van der Waals surface area contributed by atoms with Gasteiger partial charge in [0, 0.05) is 22.0 Å². The maximum atomic E-state index is 3.56. The van der Waals surface area contributed by atoms with Gasteiger partial charge in [0.25, 0.3) is 0 Å². The zero-order chi connectivity index (χ0) is 12.1. The molecule has 0 saturated carbocycles. The molecular weight excluding hydrogens is 389 g/mol. The zero-order valence-corrected chi connectivity index (χ0v) is 13.8. The van der Waals surface area contributed by atoms with Crippen molar-refractivity contribution in [1.82, 2.24) is 4.90 Å². The monoisotopic (exact) mass is 407 g/mol. The molecule has 2 rings (SSSR count). The van der Waals surface area contributed by atoms with Crippen LogP contribution in [0.1, 0.15) is 24.8 Å². The maximum Gasteiger partial charge on any atom is 0.0233 e. The molecule has 1 saturated heterocycles. The van der Waals surface area contributed by atoms with E-state index in [2.05, 4.69) is 67.7 Å². The first-order valence-corrected chi connectivity index (χ1v) is 8.50. The summed E-state index contributed by atoms with van der Waals surface area (Å²) in [4.78, 5) is 2.61. The van der Waals surface area contributed by atoms with Gasteiger partial charge in [-0.3, -0.25) is 4.90 Å². The van der Waals surface area contributed by atoms with Crippen LogP contribution in [0.4, 0.5) is 0 Å². The SMILES string of the molecule is BrCCC1CCCN(Cc2ccc(I)cc2)C1. The van der Waals surface area contributed by atoms with E-state index in [4.69, 9.17) is 0 Å². The second-order valence-electron chi connectivity index (χ2n) is 4.85. The van der Waals surface area contributed by atoms with E-state index < -0.39 is 0 Å². The molecule has 3 heteroatoms. The number of rotatable bonds is 4. The van der Waals surface area contributed by atoms with Gasteiger partial charge in [0.2, 0.25) is 0 Å². The highest BCUT2D eigenvalue weighted by molar-refractivity contribution is 14.1. The average Bonchev–Trinajstić information content (AvgIpc) is 2.33. The lowest BCUT2D eigenvalue weighted by molar-refractivity contribution is 0.165. The molecule has 0 N–H and O–H groups in total. The van der Waals surface area contributed by atoms with Gasteiger partial charge in [-0.25, -0.2) is 0 Å². The first-order valence-electron chi connectivity index (χ1n) is 6.30. The van der Waals surface area contributed by atoms with Crippen molar-refractivity contribution in [3.8, 4) is 0 Å². The second kappa shape index (κ2) is 7.10. The van der Waals surface area contributed by atoms with Crippen LogP contribution in [-0.2, 0) is 6.54 Å². The van der Waals surface area contributed by atoms with E-state index in [0.717, 1.165) is 17.8 Å². The largest absolute Gasteiger partial charge is 0.299 e. The van der Waals surface area contributed by atoms with Gasteiger partial charge in [-0.1, -0.05) is 28.1 Å². The Kier molecular flexibility index (Phi) is 5.77. The van der Waals surface area contributed by atoms with Gasteiger partial charge in [0.05, 0.1) is 0 Å². The first-order chi connectivity index (χ1) is 8.28. The summed E-state index contributed by atoms with van der Waals surface area (Å²) in [5, 5.41) is 1.15. The molecule has 1 aliphatic heterocycles. The number of hydrogen-bond acceptors (Lipinski definition) is 1. The number of alkyl halides is 1. The zero-order valence-electron chi connectivity index (χ0n) is 10.0. The van der Waals surface area contributed by atoms with Crippen LogP contribution in [-0.4, -0.2) is 23.3 Å². The van der Waals surface area contributed by atoms with Crippen molar-refractivity contribution in [3.05, 3.63) is 33.4 Å². The third-order valence-corrected chi connectivity index (χ3v) is 4.62. The molecule has 0 spiro atoms. The summed E-state index contributed by atoms with van der Waals surface area (Å²) in [7, 11) is 0. The molecular formula is C14H19BrIN. The minimum Gasteiger partial charge on any atom is -0.299 e. The Morgan fingerprint density at radius 3 is 2.76 bits per heavy atom. The standard InChI is InChI=1S/C14H19BrIN/c15-8-7-12-2-1-9-17(10-12)11-13-3-5-14(16)6-4-13/h3-6,12H,1-2,7-11H2. The molecule has 1 aromatic carbocycles. The van der Waals surface area contributed by atoms with Crippen LogP contribution >= 0.6 is 38.5 Å². The summed E-state index contributed by atoms with van der Waals surface area (Å²) in [6, 6.07) is 8.93. The molecule has 1 aliphatic rings. The van der Waals surface area contributed by atoms with Crippen molar-refractivity contribution >= 4 is 38.5 Å². The van der Waals surface area contributed by atoms with E-state index in [9.17, 15) is 0 Å². The van der Waals surface area contributed by atoms with E-state index >= 15 is 0 Å². The molecule has 17 heavy (non-hydrogen) atoms. The van der Waals surface area contributed by atoms with E-state index in [0.29, 0.717) is 0 Å². The third kappa shape index (κ3) is 4.52. The lowest BCUT2D eigenvalue weighted by atomic mass is 9.95. The Labute approximate surface area is 126 Å². The van der Waals surface area contributed by atoms with Gasteiger partial charge in [0.1, 0.15) is 0 Å². The third-order valence-electron chi connectivity index (χ3n) is 3.44. The first kappa shape index (κ1) is 13.8. The minimum atomic E-state index is 0.895. The van der Waals surface area contributed by atoms with Crippen molar-refractivity contribution in [2.45, 2.75) is 25.8 Å². The molecule has 0 radical (unpaired) electrons. The van der Waals surface area contributed by atoms with Crippen LogP contribution in [0.15, 0.2) is 24.3 Å². The fourth-order valence-corrected chi connectivity index (χ4v) is 3.54. The predicted molar refractivity (Wildman–Crippen MR) is 85.6 cm³/mol.